The summed E-state index contributed by atoms with van der Waals surface area (Å²) >= 11 is 0. The number of Topliss-reactive ketones (excluding diaryl/α,β-unsaturated/α-hetero) is 1. The largest absolute Gasteiger partial charge is 0.369 e. The molecule has 4 N–H and O–H groups in total. The van der Waals surface area contributed by atoms with Gasteiger partial charge in [0.05, 0.1) is 11.3 Å². The number of nitrogens with two attached hydrogens (primary N) is 1. The molecular weight excluding hydrogens is 328 g/mol. The maximum Gasteiger partial charge on any atom is 0.258 e. The minimum atomic E-state index is -0.501. The van der Waals surface area contributed by atoms with E-state index >= 15 is 0 Å². The molecule has 6 nitrogen and oxygen atoms in total. The van der Waals surface area contributed by atoms with Crippen molar-refractivity contribution in [2.45, 2.75) is 5.92 Å². The number of fused-ring (bicyclic) bond motifs is 3. The first-order valence-electron chi connectivity index (χ1n) is 8.25. The van der Waals surface area contributed by atoms with Crippen LogP contribution in [0.5, 0.6) is 0 Å². The lowest BCUT2D eigenvalue weighted by molar-refractivity contribution is 0.103. The van der Waals surface area contributed by atoms with Crippen molar-refractivity contribution in [2.75, 3.05) is 11.1 Å². The maximum absolute atomic E-state index is 13.1. The second-order valence-electron chi connectivity index (χ2n) is 6.35. The van der Waals surface area contributed by atoms with Gasteiger partial charge in [-0.3, -0.25) is 14.6 Å². The molecule has 1 aliphatic carbocycles. The molecule has 0 fully saturated rings. The monoisotopic (exact) mass is 342 g/mol. The number of carbonyl (C=O) groups is 1. The lowest BCUT2D eigenvalue weighted by Crippen LogP contribution is -2.28. The van der Waals surface area contributed by atoms with E-state index < -0.39 is 5.92 Å². The van der Waals surface area contributed by atoms with Crippen molar-refractivity contribution in [1.82, 2.24) is 9.97 Å². The smallest absolute Gasteiger partial charge is 0.258 e. The van der Waals surface area contributed by atoms with E-state index in [2.05, 4.69) is 15.3 Å². The number of aromatic nitrogens is 2. The number of nitrogens with zero attached hydrogens (tertiary/aromatic N) is 1. The molecule has 0 radical (unpaired) electrons. The third kappa shape index (κ3) is 1.89. The van der Waals surface area contributed by atoms with Crippen LogP contribution in [0.3, 0.4) is 0 Å². The number of benzene rings is 2. The summed E-state index contributed by atoms with van der Waals surface area (Å²) in [5.74, 6) is -0.142. The Morgan fingerprint density at radius 2 is 1.62 bits per heavy atom. The lowest BCUT2D eigenvalue weighted by Gasteiger charge is -2.27. The summed E-state index contributed by atoms with van der Waals surface area (Å²) in [6.45, 7) is 0. The molecule has 0 saturated carbocycles. The van der Waals surface area contributed by atoms with Gasteiger partial charge in [-0.25, -0.2) is 0 Å². The highest BCUT2D eigenvalue weighted by atomic mass is 16.1. The minimum absolute atomic E-state index is 0.0368. The molecule has 1 aromatic heterocycles. The van der Waals surface area contributed by atoms with E-state index in [0.717, 1.165) is 11.1 Å². The fourth-order valence-corrected chi connectivity index (χ4v) is 3.82. The van der Waals surface area contributed by atoms with Crippen molar-refractivity contribution in [2.24, 2.45) is 0 Å². The van der Waals surface area contributed by atoms with Crippen LogP contribution in [0.2, 0.25) is 0 Å². The van der Waals surface area contributed by atoms with Gasteiger partial charge >= 0.3 is 0 Å². The topological polar surface area (TPSA) is 101 Å². The molecule has 5 rings (SSSR count). The Labute approximate surface area is 148 Å². The molecule has 0 spiro atoms. The van der Waals surface area contributed by atoms with Crippen LogP contribution in [0, 0.1) is 0 Å². The zero-order chi connectivity index (χ0) is 17.8. The molecular formula is C20H14N4O2. The highest BCUT2D eigenvalue weighted by Gasteiger charge is 2.41. The summed E-state index contributed by atoms with van der Waals surface area (Å²) in [5.41, 5.74) is 9.38. The first kappa shape index (κ1) is 14.7. The van der Waals surface area contributed by atoms with Crippen LogP contribution in [0.4, 0.5) is 11.8 Å². The van der Waals surface area contributed by atoms with Crippen molar-refractivity contribution in [3.05, 3.63) is 92.8 Å². The predicted octanol–water partition coefficient (Wildman–Crippen LogP) is 2.52. The zero-order valence-electron chi connectivity index (χ0n) is 13.6. The quantitative estimate of drug-likeness (QED) is 0.631. The van der Waals surface area contributed by atoms with Gasteiger partial charge in [0.15, 0.2) is 5.78 Å². The Morgan fingerprint density at radius 3 is 2.38 bits per heavy atom. The summed E-state index contributed by atoms with van der Waals surface area (Å²) in [5, 5.41) is 3.17. The van der Waals surface area contributed by atoms with Crippen LogP contribution >= 0.6 is 0 Å². The lowest BCUT2D eigenvalue weighted by atomic mass is 9.82. The average Bonchev–Trinajstić information content (AvgIpc) is 2.93. The summed E-state index contributed by atoms with van der Waals surface area (Å²) in [6.07, 6.45) is 0. The number of allylic oxidation sites excluding steroid dienone is 1. The Balaban J connectivity index is 1.84. The summed E-state index contributed by atoms with van der Waals surface area (Å²) in [6, 6.07) is 16.9. The van der Waals surface area contributed by atoms with Gasteiger partial charge in [-0.15, -0.1) is 0 Å². The van der Waals surface area contributed by atoms with Gasteiger partial charge in [-0.2, -0.15) is 4.98 Å². The van der Waals surface area contributed by atoms with Crippen molar-refractivity contribution >= 4 is 23.2 Å². The van der Waals surface area contributed by atoms with Crippen LogP contribution in [0.25, 0.3) is 5.70 Å². The van der Waals surface area contributed by atoms with Crippen LogP contribution < -0.4 is 16.6 Å². The Kier molecular flexibility index (Phi) is 2.91. The summed E-state index contributed by atoms with van der Waals surface area (Å²) < 4.78 is 0. The number of ketones is 1. The average molecular weight is 342 g/mol. The molecule has 26 heavy (non-hydrogen) atoms. The maximum atomic E-state index is 13.1. The van der Waals surface area contributed by atoms with E-state index in [0.29, 0.717) is 28.2 Å². The molecule has 0 amide bonds. The molecule has 1 atom stereocenters. The Bertz CT molecular complexity index is 1160. The highest BCUT2D eigenvalue weighted by molar-refractivity contribution is 6.23. The number of nitrogens with one attached hydrogen (secondary N) is 2. The molecule has 6 heteroatoms. The number of hydrogen-bond acceptors (Lipinski definition) is 5. The predicted molar refractivity (Wildman–Crippen MR) is 98.9 cm³/mol. The molecule has 126 valence electrons. The van der Waals surface area contributed by atoms with E-state index in [9.17, 15) is 9.59 Å². The molecule has 1 aliphatic heterocycles. The standard InChI is InChI=1S/C20H14N4O2/c21-20-23-18-15(19(26)24-20)13(10-6-2-1-3-7-10)14-16(22-18)11-8-4-5-9-12(11)17(14)25/h1-9,13H,(H4,21,22,23,24,26). The van der Waals surface area contributed by atoms with E-state index in [1.54, 1.807) is 6.07 Å². The van der Waals surface area contributed by atoms with Gasteiger partial charge in [-0.05, 0) is 5.56 Å². The first-order chi connectivity index (χ1) is 12.6. The van der Waals surface area contributed by atoms with Gasteiger partial charge in [0.2, 0.25) is 5.95 Å². The van der Waals surface area contributed by atoms with Crippen molar-refractivity contribution in [3.8, 4) is 0 Å². The van der Waals surface area contributed by atoms with Crippen LogP contribution in [-0.2, 0) is 0 Å². The number of hydrogen-bond donors (Lipinski definition) is 3. The molecule has 2 heterocycles. The summed E-state index contributed by atoms with van der Waals surface area (Å²) in [4.78, 5) is 32.7. The number of anilines is 2. The van der Waals surface area contributed by atoms with Crippen LogP contribution in [0.15, 0.2) is 65.0 Å². The van der Waals surface area contributed by atoms with Crippen LogP contribution in [-0.4, -0.2) is 15.8 Å². The fourth-order valence-electron chi connectivity index (χ4n) is 3.82. The third-order valence-electron chi connectivity index (χ3n) is 4.88. The van der Waals surface area contributed by atoms with Gasteiger partial charge < -0.3 is 11.1 Å². The van der Waals surface area contributed by atoms with Crippen LogP contribution in [0.1, 0.15) is 33.0 Å². The van der Waals surface area contributed by atoms with Gasteiger partial charge in [0.25, 0.3) is 5.56 Å². The van der Waals surface area contributed by atoms with E-state index in [1.807, 2.05) is 48.5 Å². The third-order valence-corrected chi connectivity index (χ3v) is 4.88. The number of carbonyl (C=O) groups excluding carboxylic acids is 1. The van der Waals surface area contributed by atoms with E-state index in [1.165, 1.54) is 0 Å². The normalized spacial score (nSPS) is 17.4. The fraction of sp³-hybridized carbons (Fsp3) is 0.0500. The number of H-pyrrole nitrogens is 1. The number of rotatable bonds is 1. The Morgan fingerprint density at radius 1 is 0.923 bits per heavy atom. The van der Waals surface area contributed by atoms with Gasteiger partial charge in [0, 0.05) is 22.6 Å². The Hall–Kier alpha value is -3.67. The molecule has 0 saturated heterocycles. The van der Waals surface area contributed by atoms with Crippen molar-refractivity contribution in [1.29, 1.82) is 0 Å². The van der Waals surface area contributed by atoms with E-state index in [-0.39, 0.29) is 17.3 Å². The summed E-state index contributed by atoms with van der Waals surface area (Å²) in [7, 11) is 0. The zero-order valence-corrected chi connectivity index (χ0v) is 13.6. The number of nitrogen functional groups attached to an aromatic ring is 1. The molecule has 0 bridgehead atoms. The van der Waals surface area contributed by atoms with E-state index in [4.69, 9.17) is 5.73 Å². The second kappa shape index (κ2) is 5.16. The number of aromatic amines is 1. The second-order valence-corrected chi connectivity index (χ2v) is 6.35. The van der Waals surface area contributed by atoms with Gasteiger partial charge in [0.1, 0.15) is 5.82 Å². The van der Waals surface area contributed by atoms with Gasteiger partial charge in [-0.1, -0.05) is 54.6 Å². The SMILES string of the molecule is Nc1nc2c(c(=O)[nH]1)C(c1ccccc1)C1=C(N2)c2ccccc2C1=O. The highest BCUT2D eigenvalue weighted by Crippen LogP contribution is 2.47. The van der Waals surface area contributed by atoms with Crippen molar-refractivity contribution < 1.29 is 4.79 Å². The molecule has 2 aromatic carbocycles. The molecule has 2 aliphatic rings. The minimum Gasteiger partial charge on any atom is -0.369 e. The first-order valence-corrected chi connectivity index (χ1v) is 8.25. The van der Waals surface area contributed by atoms with Crippen molar-refractivity contribution in [3.63, 3.8) is 0 Å². The molecule has 3 aromatic rings. The molecule has 1 unspecified atom stereocenters.